The van der Waals surface area contributed by atoms with Crippen molar-refractivity contribution in [1.82, 2.24) is 0 Å². The van der Waals surface area contributed by atoms with E-state index in [1.807, 2.05) is 0 Å². The highest BCUT2D eigenvalue weighted by Crippen LogP contribution is 2.32. The van der Waals surface area contributed by atoms with Crippen molar-refractivity contribution in [2.75, 3.05) is 0 Å². The van der Waals surface area contributed by atoms with Crippen molar-refractivity contribution in [3.8, 4) is 5.75 Å². The number of carboxylic acids is 2. The summed E-state index contributed by atoms with van der Waals surface area (Å²) >= 11 is 0. The predicted octanol–water partition coefficient (Wildman–Crippen LogP) is 1.72. The van der Waals surface area contributed by atoms with E-state index in [0.29, 0.717) is 0 Å². The Morgan fingerprint density at radius 3 is 2.33 bits per heavy atom. The first-order valence-corrected chi connectivity index (χ1v) is 5.61. The van der Waals surface area contributed by atoms with Crippen LogP contribution in [0.1, 0.15) is 23.7 Å². The first-order chi connectivity index (χ1) is 9.60. The van der Waals surface area contributed by atoms with E-state index in [9.17, 15) is 27.9 Å². The van der Waals surface area contributed by atoms with Crippen molar-refractivity contribution in [2.45, 2.75) is 25.3 Å². The molecule has 3 N–H and O–H groups in total. The third-order valence-corrected chi connectivity index (χ3v) is 2.46. The fourth-order valence-corrected chi connectivity index (χ4v) is 1.56. The Labute approximate surface area is 116 Å². The van der Waals surface area contributed by atoms with Crippen molar-refractivity contribution in [3.63, 3.8) is 0 Å². The van der Waals surface area contributed by atoms with Gasteiger partial charge in [0.15, 0.2) is 6.10 Å². The van der Waals surface area contributed by atoms with Crippen LogP contribution in [0.3, 0.4) is 0 Å². The molecule has 0 saturated carbocycles. The second-order valence-electron chi connectivity index (χ2n) is 4.05. The van der Waals surface area contributed by atoms with Gasteiger partial charge in [-0.25, -0.2) is 4.79 Å². The van der Waals surface area contributed by atoms with Gasteiger partial charge < -0.3 is 20.1 Å². The zero-order valence-electron chi connectivity index (χ0n) is 10.4. The summed E-state index contributed by atoms with van der Waals surface area (Å²) in [5.74, 6) is -3.75. The number of carboxylic acid groups (broad SMARTS) is 2. The monoisotopic (exact) mass is 308 g/mol. The van der Waals surface area contributed by atoms with Gasteiger partial charge >= 0.3 is 18.3 Å². The van der Waals surface area contributed by atoms with Gasteiger partial charge in [0, 0.05) is 12.0 Å². The van der Waals surface area contributed by atoms with E-state index >= 15 is 0 Å². The second kappa shape index (κ2) is 6.44. The lowest BCUT2D eigenvalue weighted by Crippen LogP contribution is -2.20. The number of aliphatic hydroxyl groups excluding tert-OH is 1. The number of alkyl halides is 3. The van der Waals surface area contributed by atoms with Gasteiger partial charge in [0.2, 0.25) is 0 Å². The van der Waals surface area contributed by atoms with E-state index < -0.39 is 35.7 Å². The molecule has 0 saturated heterocycles. The quantitative estimate of drug-likeness (QED) is 0.739. The van der Waals surface area contributed by atoms with Crippen molar-refractivity contribution in [2.24, 2.45) is 0 Å². The predicted molar refractivity (Wildman–Crippen MR) is 61.7 cm³/mol. The molecule has 0 radical (unpaired) electrons. The normalized spacial score (nSPS) is 12.8. The minimum absolute atomic E-state index is 0.0625. The zero-order valence-corrected chi connectivity index (χ0v) is 10.4. The lowest BCUT2D eigenvalue weighted by molar-refractivity contribution is -0.275. The maximum atomic E-state index is 12.3. The molecule has 21 heavy (non-hydrogen) atoms. The zero-order chi connectivity index (χ0) is 16.2. The molecule has 0 amide bonds. The smallest absolute Gasteiger partial charge is 0.481 e. The van der Waals surface area contributed by atoms with E-state index in [1.54, 1.807) is 0 Å². The Hall–Kier alpha value is -2.29. The van der Waals surface area contributed by atoms with Crippen LogP contribution in [-0.2, 0) is 16.0 Å². The second-order valence-corrected chi connectivity index (χ2v) is 4.05. The molecule has 0 fully saturated rings. The van der Waals surface area contributed by atoms with Crippen LogP contribution >= 0.6 is 0 Å². The van der Waals surface area contributed by atoms with Gasteiger partial charge in [-0.2, -0.15) is 0 Å². The number of hydrogen-bond acceptors (Lipinski definition) is 4. The van der Waals surface area contributed by atoms with Crippen LogP contribution in [0.2, 0.25) is 0 Å². The van der Waals surface area contributed by atoms with Crippen molar-refractivity contribution in [3.05, 3.63) is 29.3 Å². The largest absolute Gasteiger partial charge is 0.573 e. The SMILES string of the molecule is O=C(O)CCc1ccc(C(O)C(=O)O)c(OC(F)(F)F)c1. The molecular weight excluding hydrogens is 297 g/mol. The first kappa shape index (κ1) is 16.8. The van der Waals surface area contributed by atoms with Crippen molar-refractivity contribution < 1.29 is 42.8 Å². The third kappa shape index (κ3) is 5.30. The van der Waals surface area contributed by atoms with Crippen LogP contribution in [0.4, 0.5) is 13.2 Å². The number of aliphatic carboxylic acids is 2. The summed E-state index contributed by atoms with van der Waals surface area (Å²) in [6.45, 7) is 0. The summed E-state index contributed by atoms with van der Waals surface area (Å²) in [5.41, 5.74) is -0.364. The number of benzene rings is 1. The topological polar surface area (TPSA) is 104 Å². The molecule has 116 valence electrons. The molecule has 0 spiro atoms. The fourth-order valence-electron chi connectivity index (χ4n) is 1.56. The Kier molecular flexibility index (Phi) is 5.14. The summed E-state index contributed by atoms with van der Waals surface area (Å²) < 4.78 is 40.5. The lowest BCUT2D eigenvalue weighted by Gasteiger charge is -2.16. The van der Waals surface area contributed by atoms with Gasteiger partial charge in [-0.05, 0) is 18.1 Å². The summed E-state index contributed by atoms with van der Waals surface area (Å²) in [6.07, 6.45) is -7.63. The maximum absolute atomic E-state index is 12.3. The van der Waals surface area contributed by atoms with Crippen LogP contribution < -0.4 is 4.74 Å². The first-order valence-electron chi connectivity index (χ1n) is 5.61. The molecule has 1 atom stereocenters. The molecule has 1 rings (SSSR count). The van der Waals surface area contributed by atoms with Gasteiger partial charge in [-0.1, -0.05) is 12.1 Å². The maximum Gasteiger partial charge on any atom is 0.573 e. The average Bonchev–Trinajstić information content (AvgIpc) is 2.33. The van der Waals surface area contributed by atoms with Crippen molar-refractivity contribution in [1.29, 1.82) is 0 Å². The van der Waals surface area contributed by atoms with Gasteiger partial charge in [-0.3, -0.25) is 4.79 Å². The fraction of sp³-hybridized carbons (Fsp3) is 0.333. The van der Waals surface area contributed by atoms with Crippen LogP contribution in [0.15, 0.2) is 18.2 Å². The molecule has 0 aliphatic carbocycles. The number of ether oxygens (including phenoxy) is 1. The highest BCUT2D eigenvalue weighted by molar-refractivity contribution is 5.75. The molecular formula is C12H11F3O6. The van der Waals surface area contributed by atoms with Crippen LogP contribution in [0.5, 0.6) is 5.75 Å². The highest BCUT2D eigenvalue weighted by atomic mass is 19.4. The molecule has 1 unspecified atom stereocenters. The van der Waals surface area contributed by atoms with Crippen LogP contribution in [0.25, 0.3) is 0 Å². The molecule has 9 heteroatoms. The molecule has 0 aromatic heterocycles. The molecule has 1 aromatic rings. The number of hydrogen-bond donors (Lipinski definition) is 3. The Morgan fingerprint density at radius 1 is 1.24 bits per heavy atom. The minimum Gasteiger partial charge on any atom is -0.481 e. The molecule has 0 aliphatic heterocycles. The molecule has 6 nitrogen and oxygen atoms in total. The molecule has 1 aromatic carbocycles. The van der Waals surface area contributed by atoms with E-state index in [4.69, 9.17) is 10.2 Å². The van der Waals surface area contributed by atoms with E-state index in [-0.39, 0.29) is 18.4 Å². The number of aliphatic hydroxyl groups is 1. The van der Waals surface area contributed by atoms with Crippen molar-refractivity contribution >= 4 is 11.9 Å². The number of carbonyl (C=O) groups is 2. The summed E-state index contributed by atoms with van der Waals surface area (Å²) in [7, 11) is 0. The number of aryl methyl sites for hydroxylation is 1. The minimum atomic E-state index is -5.07. The Morgan fingerprint density at radius 2 is 1.86 bits per heavy atom. The average molecular weight is 308 g/mol. The van der Waals surface area contributed by atoms with E-state index in [0.717, 1.165) is 12.1 Å². The summed E-state index contributed by atoms with van der Waals surface area (Å²) in [4.78, 5) is 21.1. The number of rotatable bonds is 6. The number of halogens is 3. The van der Waals surface area contributed by atoms with E-state index in [1.165, 1.54) is 6.07 Å². The van der Waals surface area contributed by atoms with Crippen LogP contribution in [0, 0.1) is 0 Å². The summed E-state index contributed by atoms with van der Waals surface area (Å²) in [6, 6.07) is 3.04. The van der Waals surface area contributed by atoms with Gasteiger partial charge in [-0.15, -0.1) is 13.2 Å². The van der Waals surface area contributed by atoms with Gasteiger partial charge in [0.1, 0.15) is 5.75 Å². The standard InChI is InChI=1S/C12H11F3O6/c13-12(14,15)21-8-5-6(2-4-9(16)17)1-3-7(8)10(18)11(19)20/h1,3,5,10,18H,2,4H2,(H,16,17)(H,19,20). The Bertz CT molecular complexity index is 540. The summed E-state index contributed by atoms with van der Waals surface area (Å²) in [5, 5.41) is 26.5. The van der Waals surface area contributed by atoms with Crippen LogP contribution in [-0.4, -0.2) is 33.6 Å². The highest BCUT2D eigenvalue weighted by Gasteiger charge is 2.34. The molecule has 0 aliphatic rings. The third-order valence-electron chi connectivity index (χ3n) is 2.46. The van der Waals surface area contributed by atoms with E-state index in [2.05, 4.69) is 4.74 Å². The molecule has 0 heterocycles. The lowest BCUT2D eigenvalue weighted by atomic mass is 10.0. The Balaban J connectivity index is 3.13. The molecule has 0 bridgehead atoms. The van der Waals surface area contributed by atoms with Gasteiger partial charge in [0.05, 0.1) is 0 Å². The van der Waals surface area contributed by atoms with Gasteiger partial charge in [0.25, 0.3) is 0 Å².